The summed E-state index contributed by atoms with van der Waals surface area (Å²) in [6.07, 6.45) is 0. The van der Waals surface area contributed by atoms with Gasteiger partial charge < -0.3 is 20.8 Å². The minimum Gasteiger partial charge on any atom is -0.344 e. The number of nitrogens with one attached hydrogen (secondary N) is 3. The Balaban J connectivity index is 2.68. The van der Waals surface area contributed by atoms with Gasteiger partial charge in [0.2, 0.25) is 7.37 Å². The molecule has 3 atom stereocenters. The van der Waals surface area contributed by atoms with Crippen molar-refractivity contribution in [2.45, 2.75) is 18.6 Å². The van der Waals surface area contributed by atoms with Crippen molar-refractivity contribution in [3.8, 4) is 0 Å². The summed E-state index contributed by atoms with van der Waals surface area (Å²) in [5.74, 6) is 0. The van der Waals surface area contributed by atoms with Crippen LogP contribution in [0, 0.1) is 0 Å². The third-order valence-electron chi connectivity index (χ3n) is 2.74. The molecule has 5 nitrogen and oxygen atoms in total. The molecule has 0 aromatic rings. The summed E-state index contributed by atoms with van der Waals surface area (Å²) < 4.78 is 11.8. The minimum absolute atomic E-state index is 0.0728. The first-order valence-corrected chi connectivity index (χ1v) is 7.68. The van der Waals surface area contributed by atoms with Crippen molar-refractivity contribution in [1.29, 1.82) is 0 Å². The third kappa shape index (κ3) is 4.21. The summed E-state index contributed by atoms with van der Waals surface area (Å²) in [5.41, 5.74) is -0.203. The molecule has 15 heavy (non-hydrogen) atoms. The van der Waals surface area contributed by atoms with Gasteiger partial charge >= 0.3 is 0 Å². The van der Waals surface area contributed by atoms with E-state index in [9.17, 15) is 9.46 Å². The minimum atomic E-state index is -3.04. The van der Waals surface area contributed by atoms with Crippen LogP contribution >= 0.6 is 7.37 Å². The average Bonchev–Trinajstić information content (AvgIpc) is 2.07. The van der Waals surface area contributed by atoms with E-state index in [1.807, 2.05) is 6.92 Å². The number of rotatable bonds is 3. The van der Waals surface area contributed by atoms with Gasteiger partial charge in [0, 0.05) is 38.9 Å². The molecule has 0 radical (unpaired) electrons. The predicted octanol–water partition coefficient (Wildman–Crippen LogP) is -0.574. The fraction of sp³-hybridized carbons (Fsp3) is 1.00. The predicted molar refractivity (Wildman–Crippen MR) is 62.7 cm³/mol. The van der Waals surface area contributed by atoms with Crippen LogP contribution in [0.1, 0.15) is 6.92 Å². The lowest BCUT2D eigenvalue weighted by molar-refractivity contribution is 0.387. The summed E-state index contributed by atoms with van der Waals surface area (Å²) in [4.78, 5) is 9.70. The van der Waals surface area contributed by atoms with Gasteiger partial charge in [-0.05, 0) is 6.54 Å². The summed E-state index contributed by atoms with van der Waals surface area (Å²) in [7, 11) is -3.04. The molecule has 0 spiro atoms. The summed E-state index contributed by atoms with van der Waals surface area (Å²) in [5, 5.41) is 9.74. The highest BCUT2D eigenvalue weighted by molar-refractivity contribution is 7.58. The van der Waals surface area contributed by atoms with Crippen molar-refractivity contribution in [1.82, 2.24) is 16.0 Å². The zero-order valence-electron chi connectivity index (χ0n) is 9.49. The van der Waals surface area contributed by atoms with Gasteiger partial charge in [-0.2, -0.15) is 0 Å². The smallest absolute Gasteiger partial charge is 0.203 e. The van der Waals surface area contributed by atoms with Gasteiger partial charge in [0.1, 0.15) is 0 Å². The molecule has 0 saturated carbocycles. The van der Waals surface area contributed by atoms with Crippen LogP contribution in [0.15, 0.2) is 0 Å². The Hall–Kier alpha value is 0.0700. The van der Waals surface area contributed by atoms with Crippen LogP contribution in [0.3, 0.4) is 0 Å². The van der Waals surface area contributed by atoms with E-state index >= 15 is 0 Å². The monoisotopic (exact) mass is 235 g/mol. The molecular weight excluding hydrogens is 213 g/mol. The van der Waals surface area contributed by atoms with Crippen molar-refractivity contribution in [3.63, 3.8) is 0 Å². The van der Waals surface area contributed by atoms with Crippen LogP contribution in [0.2, 0.25) is 0 Å². The first-order chi connectivity index (χ1) is 7.05. The quantitative estimate of drug-likeness (QED) is 0.493. The molecule has 0 amide bonds. The second-order valence-electron chi connectivity index (χ2n) is 4.08. The Bertz CT molecular complexity index is 231. The van der Waals surface area contributed by atoms with E-state index in [2.05, 4.69) is 16.0 Å². The Morgan fingerprint density at radius 3 is 2.53 bits per heavy atom. The van der Waals surface area contributed by atoms with Gasteiger partial charge in [0.15, 0.2) is 0 Å². The highest BCUT2D eigenvalue weighted by Gasteiger charge is 2.33. The van der Waals surface area contributed by atoms with E-state index in [-0.39, 0.29) is 11.7 Å². The molecule has 1 heterocycles. The fourth-order valence-corrected chi connectivity index (χ4v) is 3.28. The van der Waals surface area contributed by atoms with Crippen molar-refractivity contribution < 1.29 is 9.46 Å². The van der Waals surface area contributed by atoms with Crippen LogP contribution in [0.5, 0.6) is 0 Å². The Kier molecular flexibility index (Phi) is 5.23. The summed E-state index contributed by atoms with van der Waals surface area (Å²) in [6, 6.07) is 0.0728. The molecule has 1 fully saturated rings. The summed E-state index contributed by atoms with van der Waals surface area (Å²) >= 11 is 0. The number of hydrogen-bond acceptors (Lipinski definition) is 4. The molecule has 0 aromatic heterocycles. The van der Waals surface area contributed by atoms with Gasteiger partial charge in [-0.1, -0.05) is 6.92 Å². The van der Waals surface area contributed by atoms with Crippen LogP contribution in [0.4, 0.5) is 0 Å². The second kappa shape index (κ2) is 5.97. The molecule has 0 aromatic carbocycles. The molecular formula is C9H22N3O2P. The SMILES string of the molecule is CCN[C@H]1CNCCNC[C@@H]1P(C)(=O)O. The third-order valence-corrected chi connectivity index (χ3v) is 4.52. The second-order valence-corrected chi connectivity index (χ2v) is 6.63. The van der Waals surface area contributed by atoms with Crippen LogP contribution in [0.25, 0.3) is 0 Å². The summed E-state index contributed by atoms with van der Waals surface area (Å²) in [6.45, 7) is 7.43. The van der Waals surface area contributed by atoms with E-state index in [4.69, 9.17) is 0 Å². The van der Waals surface area contributed by atoms with E-state index in [0.717, 1.165) is 26.2 Å². The lowest BCUT2D eigenvalue weighted by atomic mass is 10.1. The fourth-order valence-electron chi connectivity index (χ4n) is 1.94. The van der Waals surface area contributed by atoms with Crippen molar-refractivity contribution in [2.24, 2.45) is 0 Å². The molecule has 0 bridgehead atoms. The van der Waals surface area contributed by atoms with Gasteiger partial charge in [-0.25, -0.2) is 0 Å². The zero-order chi connectivity index (χ0) is 11.3. The maximum absolute atomic E-state index is 11.8. The van der Waals surface area contributed by atoms with Crippen molar-refractivity contribution >= 4 is 7.37 Å². The Morgan fingerprint density at radius 1 is 1.40 bits per heavy atom. The Labute approximate surface area is 91.5 Å². The van der Waals surface area contributed by atoms with Crippen LogP contribution in [-0.2, 0) is 4.57 Å². The molecule has 1 aliphatic rings. The van der Waals surface area contributed by atoms with Gasteiger partial charge in [0.05, 0.1) is 5.66 Å². The first kappa shape index (κ1) is 13.1. The normalized spacial score (nSPS) is 32.7. The molecule has 1 aliphatic heterocycles. The van der Waals surface area contributed by atoms with Crippen molar-refractivity contribution in [3.05, 3.63) is 0 Å². The molecule has 90 valence electrons. The van der Waals surface area contributed by atoms with E-state index in [1.54, 1.807) is 0 Å². The number of likely N-dealkylation sites (N-methyl/N-ethyl adjacent to an activating group) is 1. The van der Waals surface area contributed by atoms with Crippen molar-refractivity contribution in [2.75, 3.05) is 39.4 Å². The lowest BCUT2D eigenvalue weighted by Crippen LogP contribution is -2.53. The molecule has 4 N–H and O–H groups in total. The van der Waals surface area contributed by atoms with Gasteiger partial charge in [-0.15, -0.1) is 0 Å². The first-order valence-electron chi connectivity index (χ1n) is 5.50. The average molecular weight is 235 g/mol. The maximum atomic E-state index is 11.8. The van der Waals surface area contributed by atoms with Crippen LogP contribution < -0.4 is 16.0 Å². The van der Waals surface area contributed by atoms with Gasteiger partial charge in [0.25, 0.3) is 0 Å². The molecule has 1 saturated heterocycles. The standard InChI is InChI=1S/C9H22N3O2P/c1-3-12-8-6-10-4-5-11-7-9(8)15(2,13)14/h8-12H,3-7H2,1-2H3,(H,13,14)/t8-,9-/m0/s1. The van der Waals surface area contributed by atoms with Crippen LogP contribution in [-0.4, -0.2) is 56.0 Å². The Morgan fingerprint density at radius 2 is 2.00 bits per heavy atom. The largest absolute Gasteiger partial charge is 0.344 e. The van der Waals surface area contributed by atoms with E-state index in [1.165, 1.54) is 6.66 Å². The maximum Gasteiger partial charge on any atom is 0.203 e. The van der Waals surface area contributed by atoms with E-state index < -0.39 is 7.37 Å². The molecule has 6 heteroatoms. The lowest BCUT2D eigenvalue weighted by Gasteiger charge is -2.32. The van der Waals surface area contributed by atoms with Gasteiger partial charge in [-0.3, -0.25) is 4.57 Å². The molecule has 1 rings (SSSR count). The zero-order valence-corrected chi connectivity index (χ0v) is 10.4. The number of hydrogen-bond donors (Lipinski definition) is 4. The molecule has 1 unspecified atom stereocenters. The highest BCUT2D eigenvalue weighted by Crippen LogP contribution is 2.43. The van der Waals surface area contributed by atoms with E-state index in [0.29, 0.717) is 6.54 Å². The topological polar surface area (TPSA) is 73.4 Å². The molecule has 0 aliphatic carbocycles. The highest BCUT2D eigenvalue weighted by atomic mass is 31.2.